The van der Waals surface area contributed by atoms with Crippen molar-refractivity contribution in [2.75, 3.05) is 6.54 Å². The van der Waals surface area contributed by atoms with Gasteiger partial charge in [0, 0.05) is 6.54 Å². The Morgan fingerprint density at radius 3 is 2.21 bits per heavy atom. The first-order valence-electron chi connectivity index (χ1n) is 9.76. The van der Waals surface area contributed by atoms with Crippen LogP contribution < -0.4 is 10.6 Å². The molecule has 0 aliphatic carbocycles. The van der Waals surface area contributed by atoms with Gasteiger partial charge in [0.2, 0.25) is 0 Å². The third kappa shape index (κ3) is 8.68. The smallest absolute Gasteiger partial charge is 0.408 e. The molecule has 0 radical (unpaired) electrons. The van der Waals surface area contributed by atoms with Crippen LogP contribution >= 0.6 is 0 Å². The number of hydrogen-bond acceptors (Lipinski definition) is 4. The van der Waals surface area contributed by atoms with Crippen molar-refractivity contribution in [1.29, 1.82) is 0 Å². The maximum atomic E-state index is 11.9. The van der Waals surface area contributed by atoms with E-state index in [-0.39, 0.29) is 12.6 Å². The molecule has 1 atom stereocenters. The van der Waals surface area contributed by atoms with E-state index in [4.69, 9.17) is 9.47 Å². The Morgan fingerprint density at radius 2 is 1.59 bits per heavy atom. The highest BCUT2D eigenvalue weighted by Crippen LogP contribution is 2.15. The van der Waals surface area contributed by atoms with E-state index in [2.05, 4.69) is 10.6 Å². The lowest BCUT2D eigenvalue weighted by molar-refractivity contribution is 0.0508. The van der Waals surface area contributed by atoms with Crippen molar-refractivity contribution in [3.05, 3.63) is 71.3 Å². The maximum absolute atomic E-state index is 11.9. The molecule has 0 heterocycles. The van der Waals surface area contributed by atoms with Gasteiger partial charge in [-0.05, 0) is 50.8 Å². The lowest BCUT2D eigenvalue weighted by Gasteiger charge is -2.22. The van der Waals surface area contributed by atoms with Gasteiger partial charge in [0.25, 0.3) is 0 Å². The van der Waals surface area contributed by atoms with Gasteiger partial charge >= 0.3 is 12.2 Å². The second-order valence-corrected chi connectivity index (χ2v) is 7.85. The molecular formula is C23H30N2O4. The molecule has 0 spiro atoms. The molecule has 2 N–H and O–H groups in total. The second kappa shape index (κ2) is 10.5. The number of carbonyl (C=O) groups is 2. The van der Waals surface area contributed by atoms with E-state index in [1.54, 1.807) is 0 Å². The molecule has 2 aromatic rings. The quantitative estimate of drug-likeness (QED) is 0.706. The monoisotopic (exact) mass is 398 g/mol. The van der Waals surface area contributed by atoms with Crippen LogP contribution in [0.25, 0.3) is 0 Å². The van der Waals surface area contributed by atoms with Gasteiger partial charge < -0.3 is 20.1 Å². The maximum Gasteiger partial charge on any atom is 0.408 e. The molecule has 0 aliphatic heterocycles. The van der Waals surface area contributed by atoms with E-state index in [1.165, 1.54) is 0 Å². The van der Waals surface area contributed by atoms with Crippen molar-refractivity contribution in [2.45, 2.75) is 52.4 Å². The third-order valence-corrected chi connectivity index (χ3v) is 4.11. The summed E-state index contributed by atoms with van der Waals surface area (Å²) in [5.41, 5.74) is 2.49. The average molecular weight is 399 g/mol. The highest BCUT2D eigenvalue weighted by Gasteiger charge is 2.18. The summed E-state index contributed by atoms with van der Waals surface area (Å²) in [6, 6.07) is 17.3. The van der Waals surface area contributed by atoms with Crippen molar-refractivity contribution in [1.82, 2.24) is 10.6 Å². The number of amides is 2. The first kappa shape index (κ1) is 22.3. The number of ether oxygens (including phenoxy) is 2. The molecule has 0 saturated carbocycles. The van der Waals surface area contributed by atoms with Crippen LogP contribution in [0.4, 0.5) is 9.59 Å². The Morgan fingerprint density at radius 1 is 0.931 bits per heavy atom. The zero-order valence-electron chi connectivity index (χ0n) is 17.5. The van der Waals surface area contributed by atoms with E-state index in [1.807, 2.05) is 82.3 Å². The second-order valence-electron chi connectivity index (χ2n) is 7.85. The van der Waals surface area contributed by atoms with Crippen molar-refractivity contribution in [3.8, 4) is 0 Å². The largest absolute Gasteiger partial charge is 0.445 e. The number of alkyl carbamates (subject to hydrolysis) is 2. The fraction of sp³-hybridized carbons (Fsp3) is 0.391. The Bertz CT molecular complexity index is 783. The molecule has 0 unspecified atom stereocenters. The molecule has 0 aliphatic rings. The summed E-state index contributed by atoms with van der Waals surface area (Å²) in [6.07, 6.45) is -0.179. The van der Waals surface area contributed by atoms with Gasteiger partial charge in [-0.3, -0.25) is 0 Å². The third-order valence-electron chi connectivity index (χ3n) is 4.11. The Hall–Kier alpha value is -3.02. The molecule has 0 saturated heterocycles. The predicted octanol–water partition coefficient (Wildman–Crippen LogP) is 4.74. The molecule has 6 nitrogen and oxygen atoms in total. The number of rotatable bonds is 7. The minimum atomic E-state index is -0.525. The van der Waals surface area contributed by atoms with Gasteiger partial charge in [-0.15, -0.1) is 0 Å². The summed E-state index contributed by atoms with van der Waals surface area (Å²) in [5.74, 6) is 0. The van der Waals surface area contributed by atoms with Crippen LogP contribution in [0, 0.1) is 0 Å². The number of hydrogen-bond donors (Lipinski definition) is 2. The molecular weight excluding hydrogens is 368 g/mol. The molecule has 6 heteroatoms. The number of nitrogens with one attached hydrogen (secondary N) is 2. The minimum absolute atomic E-state index is 0.162. The van der Waals surface area contributed by atoms with E-state index in [9.17, 15) is 9.59 Å². The number of carbonyl (C=O) groups excluding carboxylic acids is 2. The van der Waals surface area contributed by atoms with Crippen LogP contribution in [0.15, 0.2) is 54.6 Å². The normalized spacial score (nSPS) is 12.0. The van der Waals surface area contributed by atoms with Gasteiger partial charge in [0.15, 0.2) is 0 Å². The molecule has 29 heavy (non-hydrogen) atoms. The van der Waals surface area contributed by atoms with E-state index in [0.717, 1.165) is 16.7 Å². The average Bonchev–Trinajstić information content (AvgIpc) is 2.66. The summed E-state index contributed by atoms with van der Waals surface area (Å²) in [7, 11) is 0. The van der Waals surface area contributed by atoms with Gasteiger partial charge in [-0.2, -0.15) is 0 Å². The van der Waals surface area contributed by atoms with Crippen LogP contribution in [0.1, 0.15) is 50.4 Å². The molecule has 156 valence electrons. The van der Waals surface area contributed by atoms with Gasteiger partial charge in [-0.25, -0.2) is 9.59 Å². The van der Waals surface area contributed by atoms with Gasteiger partial charge in [0.05, 0.1) is 6.04 Å². The van der Waals surface area contributed by atoms with Crippen LogP contribution in [0.2, 0.25) is 0 Å². The van der Waals surface area contributed by atoms with Crippen LogP contribution in [-0.4, -0.2) is 24.3 Å². The highest BCUT2D eigenvalue weighted by atomic mass is 16.6. The van der Waals surface area contributed by atoms with Crippen LogP contribution in [0.3, 0.4) is 0 Å². The van der Waals surface area contributed by atoms with Crippen molar-refractivity contribution >= 4 is 12.2 Å². The Kier molecular flexibility index (Phi) is 8.07. The van der Waals surface area contributed by atoms with Crippen molar-refractivity contribution < 1.29 is 19.1 Å². The zero-order valence-corrected chi connectivity index (χ0v) is 17.5. The fourth-order valence-corrected chi connectivity index (χ4v) is 2.62. The molecule has 0 bridgehead atoms. The Balaban J connectivity index is 1.71. The predicted molar refractivity (Wildman–Crippen MR) is 113 cm³/mol. The first-order valence-corrected chi connectivity index (χ1v) is 9.76. The van der Waals surface area contributed by atoms with E-state index < -0.39 is 17.8 Å². The molecule has 0 fully saturated rings. The van der Waals surface area contributed by atoms with Gasteiger partial charge in [-0.1, -0.05) is 54.6 Å². The van der Waals surface area contributed by atoms with Crippen molar-refractivity contribution in [2.24, 2.45) is 0 Å². The summed E-state index contributed by atoms with van der Waals surface area (Å²) in [4.78, 5) is 23.6. The molecule has 2 rings (SSSR count). The first-order chi connectivity index (χ1) is 13.7. The lowest BCUT2D eigenvalue weighted by atomic mass is 10.0. The lowest BCUT2D eigenvalue weighted by Crippen LogP contribution is -2.34. The van der Waals surface area contributed by atoms with Crippen LogP contribution in [0.5, 0.6) is 0 Å². The summed E-state index contributed by atoms with van der Waals surface area (Å²) >= 11 is 0. The SMILES string of the molecule is C[C@H](NC(=O)OC(C)(C)C)c1ccc(CCNC(=O)OCc2ccccc2)cc1. The minimum Gasteiger partial charge on any atom is -0.445 e. The standard InChI is InChI=1S/C23H30N2O4/c1-17(25-22(27)29-23(2,3)4)20-12-10-18(11-13-20)14-15-24-21(26)28-16-19-8-6-5-7-9-19/h5-13,17H,14-16H2,1-4H3,(H,24,26)(H,25,27)/t17-/m0/s1. The van der Waals surface area contributed by atoms with Gasteiger partial charge in [0.1, 0.15) is 12.2 Å². The van der Waals surface area contributed by atoms with Crippen molar-refractivity contribution in [3.63, 3.8) is 0 Å². The number of benzene rings is 2. The zero-order chi connectivity index (χ0) is 21.3. The summed E-state index contributed by atoms with van der Waals surface area (Å²) in [6.45, 7) is 8.14. The highest BCUT2D eigenvalue weighted by molar-refractivity contribution is 5.68. The van der Waals surface area contributed by atoms with E-state index >= 15 is 0 Å². The summed E-state index contributed by atoms with van der Waals surface area (Å²) < 4.78 is 10.5. The molecule has 0 aromatic heterocycles. The topological polar surface area (TPSA) is 76.7 Å². The molecule has 2 aromatic carbocycles. The molecule has 2 amide bonds. The Labute approximate surface area is 172 Å². The van der Waals surface area contributed by atoms with Crippen LogP contribution in [-0.2, 0) is 22.5 Å². The summed E-state index contributed by atoms with van der Waals surface area (Å²) in [5, 5.41) is 5.57. The fourth-order valence-electron chi connectivity index (χ4n) is 2.62. The van der Waals surface area contributed by atoms with E-state index in [0.29, 0.717) is 13.0 Å².